The topological polar surface area (TPSA) is 66.4 Å². The monoisotopic (exact) mass is 273 g/mol. The van der Waals surface area contributed by atoms with E-state index in [1.165, 1.54) is 18.9 Å². The van der Waals surface area contributed by atoms with Crippen molar-refractivity contribution in [2.75, 3.05) is 0 Å². The highest BCUT2D eigenvalue weighted by Gasteiger charge is 2.29. The first-order chi connectivity index (χ1) is 9.47. The molecule has 0 bridgehead atoms. The number of aliphatic carboxylic acids is 1. The summed E-state index contributed by atoms with van der Waals surface area (Å²) in [6, 6.07) is 5.50. The van der Waals surface area contributed by atoms with Crippen molar-refractivity contribution in [1.29, 1.82) is 0 Å². The molecule has 1 aromatic carbocycles. The van der Waals surface area contributed by atoms with Crippen molar-refractivity contribution >= 4 is 18.0 Å². The Bertz CT molecular complexity index is 559. The number of carboxylic acids is 1. The minimum Gasteiger partial charge on any atom is -0.478 e. The molecule has 1 fully saturated rings. The van der Waals surface area contributed by atoms with Crippen LogP contribution >= 0.6 is 0 Å². The first-order valence-corrected chi connectivity index (χ1v) is 6.80. The molecule has 4 nitrogen and oxygen atoms in total. The second kappa shape index (κ2) is 5.90. The summed E-state index contributed by atoms with van der Waals surface area (Å²) in [4.78, 5) is 22.6. The van der Waals surface area contributed by atoms with Crippen LogP contribution in [0.5, 0.6) is 0 Å². The van der Waals surface area contributed by atoms with Gasteiger partial charge in [-0.2, -0.15) is 0 Å². The molecule has 2 rings (SSSR count). The SMILES string of the molecule is Cc1cc(C(=O)NC(C)C2CC2)ccc1/C=C/C(=O)O. The minimum absolute atomic E-state index is 0.0683. The third-order valence-corrected chi connectivity index (χ3v) is 3.63. The van der Waals surface area contributed by atoms with Crippen molar-refractivity contribution in [3.63, 3.8) is 0 Å². The Labute approximate surface area is 118 Å². The van der Waals surface area contributed by atoms with Gasteiger partial charge in [0.15, 0.2) is 0 Å². The van der Waals surface area contributed by atoms with Gasteiger partial charge in [0.25, 0.3) is 5.91 Å². The summed E-state index contributed by atoms with van der Waals surface area (Å²) < 4.78 is 0. The largest absolute Gasteiger partial charge is 0.478 e. The van der Waals surface area contributed by atoms with Gasteiger partial charge in [0.2, 0.25) is 0 Å². The molecule has 0 aliphatic heterocycles. The maximum atomic E-state index is 12.1. The Morgan fingerprint density at radius 1 is 1.40 bits per heavy atom. The molecule has 1 aromatic rings. The first kappa shape index (κ1) is 14.3. The number of carboxylic acid groups (broad SMARTS) is 1. The van der Waals surface area contributed by atoms with Crippen LogP contribution in [0.2, 0.25) is 0 Å². The van der Waals surface area contributed by atoms with Crippen LogP contribution in [0.3, 0.4) is 0 Å². The van der Waals surface area contributed by atoms with Gasteiger partial charge in [0.1, 0.15) is 0 Å². The molecule has 0 radical (unpaired) electrons. The van der Waals surface area contributed by atoms with Gasteiger partial charge in [0, 0.05) is 17.7 Å². The smallest absolute Gasteiger partial charge is 0.328 e. The van der Waals surface area contributed by atoms with Gasteiger partial charge in [0.05, 0.1) is 0 Å². The Kier molecular flexibility index (Phi) is 4.23. The van der Waals surface area contributed by atoms with E-state index in [4.69, 9.17) is 5.11 Å². The number of hydrogen-bond acceptors (Lipinski definition) is 2. The van der Waals surface area contributed by atoms with Crippen LogP contribution in [0.25, 0.3) is 6.08 Å². The van der Waals surface area contributed by atoms with Gasteiger partial charge in [-0.3, -0.25) is 4.79 Å². The van der Waals surface area contributed by atoms with Crippen LogP contribution in [0.15, 0.2) is 24.3 Å². The van der Waals surface area contributed by atoms with Gasteiger partial charge in [-0.25, -0.2) is 4.79 Å². The molecule has 106 valence electrons. The average Bonchev–Trinajstić information content (AvgIpc) is 3.21. The molecule has 1 atom stereocenters. The number of rotatable bonds is 5. The zero-order valence-electron chi connectivity index (χ0n) is 11.7. The minimum atomic E-state index is -0.982. The molecule has 0 saturated heterocycles. The fraction of sp³-hybridized carbons (Fsp3) is 0.375. The summed E-state index contributed by atoms with van der Waals surface area (Å²) in [5, 5.41) is 11.6. The van der Waals surface area contributed by atoms with Crippen molar-refractivity contribution in [2.24, 2.45) is 5.92 Å². The van der Waals surface area contributed by atoms with Crippen molar-refractivity contribution in [2.45, 2.75) is 32.7 Å². The van der Waals surface area contributed by atoms with Crippen LogP contribution in [-0.2, 0) is 4.79 Å². The number of carbonyl (C=O) groups excluding carboxylic acids is 1. The molecule has 1 aliphatic rings. The lowest BCUT2D eigenvalue weighted by atomic mass is 10.0. The van der Waals surface area contributed by atoms with Crippen molar-refractivity contribution in [3.05, 3.63) is 41.0 Å². The van der Waals surface area contributed by atoms with Gasteiger partial charge in [-0.15, -0.1) is 0 Å². The molecule has 4 heteroatoms. The highest BCUT2D eigenvalue weighted by atomic mass is 16.4. The molecular weight excluding hydrogens is 254 g/mol. The fourth-order valence-corrected chi connectivity index (χ4v) is 2.17. The predicted octanol–water partition coefficient (Wildman–Crippen LogP) is 2.62. The predicted molar refractivity (Wildman–Crippen MR) is 77.5 cm³/mol. The molecule has 1 amide bonds. The number of amides is 1. The summed E-state index contributed by atoms with van der Waals surface area (Å²) in [5.41, 5.74) is 2.30. The van der Waals surface area contributed by atoms with E-state index < -0.39 is 5.97 Å². The van der Waals surface area contributed by atoms with Crippen LogP contribution in [0.4, 0.5) is 0 Å². The molecule has 2 N–H and O–H groups in total. The lowest BCUT2D eigenvalue weighted by molar-refractivity contribution is -0.131. The third kappa shape index (κ3) is 3.70. The normalized spacial score (nSPS) is 16.1. The van der Waals surface area contributed by atoms with Crippen molar-refractivity contribution < 1.29 is 14.7 Å². The molecule has 0 heterocycles. The summed E-state index contributed by atoms with van der Waals surface area (Å²) >= 11 is 0. The van der Waals surface area contributed by atoms with E-state index in [1.807, 2.05) is 13.8 Å². The highest BCUT2D eigenvalue weighted by Crippen LogP contribution is 2.32. The van der Waals surface area contributed by atoms with E-state index in [2.05, 4.69) is 5.32 Å². The van der Waals surface area contributed by atoms with Crippen LogP contribution in [0.1, 0.15) is 41.3 Å². The number of hydrogen-bond donors (Lipinski definition) is 2. The lowest BCUT2D eigenvalue weighted by Crippen LogP contribution is -2.34. The quantitative estimate of drug-likeness (QED) is 0.810. The molecule has 0 spiro atoms. The van der Waals surface area contributed by atoms with Gasteiger partial charge < -0.3 is 10.4 Å². The second-order valence-electron chi connectivity index (χ2n) is 5.34. The molecule has 1 unspecified atom stereocenters. The Morgan fingerprint density at radius 3 is 2.65 bits per heavy atom. The molecule has 20 heavy (non-hydrogen) atoms. The van der Waals surface area contributed by atoms with E-state index in [-0.39, 0.29) is 11.9 Å². The third-order valence-electron chi connectivity index (χ3n) is 3.63. The zero-order chi connectivity index (χ0) is 14.7. The van der Waals surface area contributed by atoms with Crippen LogP contribution in [-0.4, -0.2) is 23.0 Å². The molecule has 0 aromatic heterocycles. The Balaban J connectivity index is 2.07. The standard InChI is InChI=1S/C16H19NO3/c1-10-9-14(6-3-12(10)7-8-15(18)19)16(20)17-11(2)13-4-5-13/h3,6-9,11,13H,4-5H2,1-2H3,(H,17,20)(H,18,19)/b8-7+. The Hall–Kier alpha value is -2.10. The molecule has 1 aliphatic carbocycles. The van der Waals surface area contributed by atoms with E-state index >= 15 is 0 Å². The summed E-state index contributed by atoms with van der Waals surface area (Å²) in [7, 11) is 0. The lowest BCUT2D eigenvalue weighted by Gasteiger charge is -2.13. The number of aryl methyl sites for hydroxylation is 1. The fourth-order valence-electron chi connectivity index (χ4n) is 2.17. The maximum Gasteiger partial charge on any atom is 0.328 e. The molecular formula is C16H19NO3. The van der Waals surface area contributed by atoms with E-state index in [0.29, 0.717) is 11.5 Å². The van der Waals surface area contributed by atoms with Crippen LogP contribution in [0, 0.1) is 12.8 Å². The van der Waals surface area contributed by atoms with E-state index in [1.54, 1.807) is 18.2 Å². The first-order valence-electron chi connectivity index (χ1n) is 6.80. The van der Waals surface area contributed by atoms with Gasteiger partial charge in [-0.05, 0) is 61.9 Å². The van der Waals surface area contributed by atoms with Crippen LogP contribution < -0.4 is 5.32 Å². The van der Waals surface area contributed by atoms with E-state index in [0.717, 1.165) is 17.2 Å². The van der Waals surface area contributed by atoms with Gasteiger partial charge in [-0.1, -0.05) is 6.07 Å². The van der Waals surface area contributed by atoms with E-state index in [9.17, 15) is 9.59 Å². The zero-order valence-corrected chi connectivity index (χ0v) is 11.7. The second-order valence-corrected chi connectivity index (χ2v) is 5.34. The average molecular weight is 273 g/mol. The highest BCUT2D eigenvalue weighted by molar-refractivity contribution is 5.95. The summed E-state index contributed by atoms with van der Waals surface area (Å²) in [6.45, 7) is 3.90. The number of nitrogens with one attached hydrogen (secondary N) is 1. The summed E-state index contributed by atoms with van der Waals surface area (Å²) in [6.07, 6.45) is 5.02. The number of benzene rings is 1. The van der Waals surface area contributed by atoms with Crippen molar-refractivity contribution in [3.8, 4) is 0 Å². The van der Waals surface area contributed by atoms with Gasteiger partial charge >= 0.3 is 5.97 Å². The number of carbonyl (C=O) groups is 2. The maximum absolute atomic E-state index is 12.1. The molecule has 1 saturated carbocycles. The Morgan fingerprint density at radius 2 is 2.10 bits per heavy atom. The summed E-state index contributed by atoms with van der Waals surface area (Å²) in [5.74, 6) is -0.427. The van der Waals surface area contributed by atoms with Crippen molar-refractivity contribution in [1.82, 2.24) is 5.32 Å².